The molecule has 0 fully saturated rings. The van der Waals surface area contributed by atoms with Crippen LogP contribution in [0.3, 0.4) is 0 Å². The number of nitrogens with one attached hydrogen (secondary N) is 1. The monoisotopic (exact) mass is 334 g/mol. The molecule has 0 saturated carbocycles. The largest absolute Gasteiger partial charge is 0.343 e. The predicted octanol–water partition coefficient (Wildman–Crippen LogP) is 1.76. The summed E-state index contributed by atoms with van der Waals surface area (Å²) >= 11 is 2.21. The Morgan fingerprint density at radius 3 is 2.56 bits per heavy atom. The van der Waals surface area contributed by atoms with Crippen molar-refractivity contribution in [3.63, 3.8) is 0 Å². The lowest BCUT2D eigenvalue weighted by atomic mass is 10.2. The number of nitrogens with zero attached hydrogens (tertiary/aromatic N) is 3. The second-order valence-electron chi connectivity index (χ2n) is 4.22. The van der Waals surface area contributed by atoms with Crippen LogP contribution in [0.5, 0.6) is 0 Å². The van der Waals surface area contributed by atoms with Crippen molar-refractivity contribution < 1.29 is 0 Å². The van der Waals surface area contributed by atoms with Crippen molar-refractivity contribution in [1.29, 1.82) is 0 Å². The van der Waals surface area contributed by atoms with Gasteiger partial charge < -0.3 is 10.2 Å². The molecule has 90 valence electrons. The van der Waals surface area contributed by atoms with Crippen LogP contribution in [0, 0.1) is 9.49 Å². The summed E-state index contributed by atoms with van der Waals surface area (Å²) in [6.45, 7) is 7.36. The molecular weight excluding hydrogens is 315 g/mol. The number of likely N-dealkylation sites (N-methyl/N-ethyl adjacent to an activating group) is 1. The van der Waals surface area contributed by atoms with E-state index in [0.717, 1.165) is 29.2 Å². The number of hydrogen-bond acceptors (Lipinski definition) is 4. The fourth-order valence-electron chi connectivity index (χ4n) is 1.24. The van der Waals surface area contributed by atoms with Crippen LogP contribution < -0.4 is 10.2 Å². The lowest BCUT2D eigenvalue weighted by Crippen LogP contribution is -2.31. The van der Waals surface area contributed by atoms with Crippen molar-refractivity contribution in [2.75, 3.05) is 31.6 Å². The average molecular weight is 334 g/mol. The highest BCUT2D eigenvalue weighted by Crippen LogP contribution is 2.05. The summed E-state index contributed by atoms with van der Waals surface area (Å²) in [5, 5.41) is 3.40. The molecule has 0 bridgehead atoms. The van der Waals surface area contributed by atoms with Crippen LogP contribution >= 0.6 is 22.6 Å². The van der Waals surface area contributed by atoms with Crippen LogP contribution in [0.15, 0.2) is 12.4 Å². The lowest BCUT2D eigenvalue weighted by molar-refractivity contribution is 0.553. The van der Waals surface area contributed by atoms with E-state index < -0.39 is 0 Å². The van der Waals surface area contributed by atoms with Crippen LogP contribution in [0.2, 0.25) is 0 Å². The Bertz CT molecular complexity index is 299. The third kappa shape index (κ3) is 5.07. The minimum absolute atomic E-state index is 0.694. The van der Waals surface area contributed by atoms with Crippen molar-refractivity contribution in [3.8, 4) is 0 Å². The van der Waals surface area contributed by atoms with E-state index in [4.69, 9.17) is 0 Å². The van der Waals surface area contributed by atoms with E-state index in [1.165, 1.54) is 0 Å². The number of halogens is 1. The smallest absolute Gasteiger partial charge is 0.225 e. The van der Waals surface area contributed by atoms with Gasteiger partial charge in [0, 0.05) is 36.1 Å². The molecule has 0 aliphatic carbocycles. The number of rotatable bonds is 6. The Morgan fingerprint density at radius 1 is 1.38 bits per heavy atom. The molecular formula is C11H19IN4. The number of hydrogen-bond donors (Lipinski definition) is 1. The third-order valence-corrected chi connectivity index (χ3v) is 2.68. The summed E-state index contributed by atoms with van der Waals surface area (Å²) in [5.74, 6) is 1.48. The van der Waals surface area contributed by atoms with Gasteiger partial charge >= 0.3 is 0 Å². The molecule has 0 unspecified atom stereocenters. The van der Waals surface area contributed by atoms with Crippen molar-refractivity contribution in [1.82, 2.24) is 15.3 Å². The fraction of sp³-hybridized carbons (Fsp3) is 0.636. The Morgan fingerprint density at radius 2 is 2.00 bits per heavy atom. The van der Waals surface area contributed by atoms with Crippen LogP contribution in [-0.4, -0.2) is 36.6 Å². The molecule has 16 heavy (non-hydrogen) atoms. The highest BCUT2D eigenvalue weighted by Gasteiger charge is 2.03. The maximum absolute atomic E-state index is 4.27. The van der Waals surface area contributed by atoms with Crippen LogP contribution in [0.4, 0.5) is 5.95 Å². The minimum atomic E-state index is 0.694. The van der Waals surface area contributed by atoms with Gasteiger partial charge in [-0.2, -0.15) is 0 Å². The molecule has 1 rings (SSSR count). The van der Waals surface area contributed by atoms with Crippen molar-refractivity contribution in [2.24, 2.45) is 5.92 Å². The van der Waals surface area contributed by atoms with E-state index in [0.29, 0.717) is 5.92 Å². The molecule has 0 radical (unpaired) electrons. The van der Waals surface area contributed by atoms with E-state index in [9.17, 15) is 0 Å². The molecule has 0 saturated heterocycles. The highest BCUT2D eigenvalue weighted by atomic mass is 127. The van der Waals surface area contributed by atoms with E-state index in [-0.39, 0.29) is 0 Å². The molecule has 5 heteroatoms. The average Bonchev–Trinajstić information content (AvgIpc) is 2.25. The second-order valence-corrected chi connectivity index (χ2v) is 5.47. The van der Waals surface area contributed by atoms with Gasteiger partial charge in [0.25, 0.3) is 0 Å². The lowest BCUT2D eigenvalue weighted by Gasteiger charge is -2.17. The highest BCUT2D eigenvalue weighted by molar-refractivity contribution is 14.1. The van der Waals surface area contributed by atoms with Crippen molar-refractivity contribution in [2.45, 2.75) is 13.8 Å². The summed E-state index contributed by atoms with van der Waals surface area (Å²) in [5.41, 5.74) is 0. The topological polar surface area (TPSA) is 41.0 Å². The van der Waals surface area contributed by atoms with Gasteiger partial charge in [-0.1, -0.05) is 13.8 Å². The molecule has 0 spiro atoms. The quantitative estimate of drug-likeness (QED) is 0.636. The molecule has 0 amide bonds. The first kappa shape index (κ1) is 13.6. The Labute approximate surface area is 111 Å². The first-order valence-corrected chi connectivity index (χ1v) is 6.57. The summed E-state index contributed by atoms with van der Waals surface area (Å²) in [6.07, 6.45) is 3.67. The SMILES string of the molecule is CC(C)CNCCN(C)c1ncc(I)cn1. The first-order chi connectivity index (χ1) is 7.59. The first-order valence-electron chi connectivity index (χ1n) is 5.49. The Balaban J connectivity index is 2.29. The third-order valence-electron chi connectivity index (χ3n) is 2.12. The van der Waals surface area contributed by atoms with E-state index >= 15 is 0 Å². The molecule has 0 aromatic carbocycles. The molecule has 0 aliphatic rings. The van der Waals surface area contributed by atoms with Gasteiger partial charge in [0.2, 0.25) is 5.95 Å². The van der Waals surface area contributed by atoms with Crippen LogP contribution in [0.25, 0.3) is 0 Å². The molecule has 0 atom stereocenters. The normalized spacial score (nSPS) is 10.8. The van der Waals surface area contributed by atoms with Crippen molar-refractivity contribution in [3.05, 3.63) is 16.0 Å². The molecule has 0 aliphatic heterocycles. The van der Waals surface area contributed by atoms with Crippen LogP contribution in [-0.2, 0) is 0 Å². The number of anilines is 1. The molecule has 1 aromatic heterocycles. The Hall–Kier alpha value is -0.430. The van der Waals surface area contributed by atoms with Gasteiger partial charge in [-0.25, -0.2) is 9.97 Å². The maximum Gasteiger partial charge on any atom is 0.225 e. The van der Waals surface area contributed by atoms with Gasteiger partial charge in [0.1, 0.15) is 0 Å². The standard InChI is InChI=1S/C11H19IN4/c1-9(2)6-13-4-5-16(3)11-14-7-10(12)8-15-11/h7-9,13H,4-6H2,1-3H3. The summed E-state index contributed by atoms with van der Waals surface area (Å²) in [6, 6.07) is 0. The summed E-state index contributed by atoms with van der Waals surface area (Å²) in [4.78, 5) is 10.6. The van der Waals surface area contributed by atoms with Gasteiger partial charge in [-0.15, -0.1) is 0 Å². The molecule has 1 aromatic rings. The van der Waals surface area contributed by atoms with Gasteiger partial charge in [-0.3, -0.25) is 0 Å². The second kappa shape index (κ2) is 7.01. The summed E-state index contributed by atoms with van der Waals surface area (Å²) < 4.78 is 1.06. The van der Waals surface area contributed by atoms with Gasteiger partial charge in [0.05, 0.1) is 0 Å². The fourth-order valence-corrected chi connectivity index (χ4v) is 1.52. The zero-order valence-electron chi connectivity index (χ0n) is 10.1. The van der Waals surface area contributed by atoms with Gasteiger partial charge in [-0.05, 0) is 35.1 Å². The molecule has 1 N–H and O–H groups in total. The zero-order valence-corrected chi connectivity index (χ0v) is 12.2. The van der Waals surface area contributed by atoms with Gasteiger partial charge in [0.15, 0.2) is 0 Å². The van der Waals surface area contributed by atoms with E-state index in [2.05, 4.69) is 56.6 Å². The zero-order chi connectivity index (χ0) is 12.0. The Kier molecular flexibility index (Phi) is 5.97. The van der Waals surface area contributed by atoms with Crippen LogP contribution in [0.1, 0.15) is 13.8 Å². The minimum Gasteiger partial charge on any atom is -0.343 e. The van der Waals surface area contributed by atoms with Crippen molar-refractivity contribution >= 4 is 28.5 Å². The van der Waals surface area contributed by atoms with E-state index in [1.807, 2.05) is 19.4 Å². The predicted molar refractivity (Wildman–Crippen MR) is 75.7 cm³/mol. The van der Waals surface area contributed by atoms with E-state index in [1.54, 1.807) is 0 Å². The molecule has 4 nitrogen and oxygen atoms in total. The summed E-state index contributed by atoms with van der Waals surface area (Å²) in [7, 11) is 2.01. The number of aromatic nitrogens is 2. The molecule has 1 heterocycles. The maximum atomic E-state index is 4.27.